The number of aromatic nitrogens is 2. The Labute approximate surface area is 173 Å². The van der Waals surface area contributed by atoms with E-state index in [1.165, 1.54) is 24.4 Å². The number of rotatable bonds is 6. The van der Waals surface area contributed by atoms with Gasteiger partial charge in [0, 0.05) is 25.6 Å². The van der Waals surface area contributed by atoms with E-state index < -0.39 is 17.6 Å². The smallest absolute Gasteiger partial charge is 0.259 e. The summed E-state index contributed by atoms with van der Waals surface area (Å²) in [6.07, 6.45) is 3.92. The molecule has 1 aromatic carbocycles. The normalized spacial score (nSPS) is 16.2. The summed E-state index contributed by atoms with van der Waals surface area (Å²) in [5, 5.41) is 2.52. The molecule has 158 valence electrons. The zero-order valence-electron chi connectivity index (χ0n) is 16.7. The molecule has 3 N–H and O–H groups in total. The molecule has 1 aliphatic rings. The molecule has 0 saturated carbocycles. The number of primary amides is 1. The largest absolute Gasteiger partial charge is 0.370 e. The van der Waals surface area contributed by atoms with Crippen molar-refractivity contribution in [2.45, 2.75) is 45.1 Å². The van der Waals surface area contributed by atoms with E-state index in [1.807, 2.05) is 0 Å². The summed E-state index contributed by atoms with van der Waals surface area (Å²) in [6, 6.07) is 5.57. The molecule has 2 aromatic rings. The Morgan fingerprint density at radius 2 is 2.00 bits per heavy atom. The Hall–Kier alpha value is -3.36. The lowest BCUT2D eigenvalue weighted by Gasteiger charge is -2.35. The minimum atomic E-state index is -0.534. The van der Waals surface area contributed by atoms with E-state index in [-0.39, 0.29) is 36.0 Å². The molecule has 8 nitrogen and oxygen atoms in total. The number of nitrogens with two attached hydrogens (primary N) is 1. The third kappa shape index (κ3) is 4.97. The maximum atomic E-state index is 13.8. The van der Waals surface area contributed by atoms with Crippen molar-refractivity contribution in [3.05, 3.63) is 53.4 Å². The first kappa shape index (κ1) is 21.4. The average molecular weight is 413 g/mol. The zero-order valence-corrected chi connectivity index (χ0v) is 16.7. The summed E-state index contributed by atoms with van der Waals surface area (Å²) in [4.78, 5) is 46.5. The second-order valence-electron chi connectivity index (χ2n) is 7.23. The Bertz CT molecular complexity index is 965. The van der Waals surface area contributed by atoms with Crippen molar-refractivity contribution in [2.24, 2.45) is 5.73 Å². The number of carbonyl (C=O) groups is 3. The van der Waals surface area contributed by atoms with Gasteiger partial charge >= 0.3 is 0 Å². The SMILES string of the molecule is Cc1nc([C@@H]2CCCCN2C(=O)CCC(N)=O)ncc1C(=O)Nc1ccccc1F. The maximum absolute atomic E-state index is 13.8. The first-order valence-corrected chi connectivity index (χ1v) is 9.84. The number of hydrogen-bond acceptors (Lipinski definition) is 5. The number of nitrogens with one attached hydrogen (secondary N) is 1. The lowest BCUT2D eigenvalue weighted by atomic mass is 10.00. The quantitative estimate of drug-likeness (QED) is 0.754. The molecule has 0 unspecified atom stereocenters. The molecule has 3 rings (SSSR count). The van der Waals surface area contributed by atoms with Gasteiger partial charge in [0.1, 0.15) is 5.82 Å². The Kier molecular flexibility index (Phi) is 6.71. The predicted molar refractivity (Wildman–Crippen MR) is 108 cm³/mol. The molecule has 1 saturated heterocycles. The molecule has 2 heterocycles. The van der Waals surface area contributed by atoms with E-state index >= 15 is 0 Å². The van der Waals surface area contributed by atoms with Crippen LogP contribution in [-0.2, 0) is 9.59 Å². The van der Waals surface area contributed by atoms with Crippen LogP contribution in [-0.4, -0.2) is 39.1 Å². The van der Waals surface area contributed by atoms with Gasteiger partial charge in [-0.2, -0.15) is 0 Å². The fraction of sp³-hybridized carbons (Fsp3) is 0.381. The van der Waals surface area contributed by atoms with Crippen molar-refractivity contribution in [3.63, 3.8) is 0 Å². The second-order valence-corrected chi connectivity index (χ2v) is 7.23. The van der Waals surface area contributed by atoms with Crippen LogP contribution in [0.15, 0.2) is 30.5 Å². The number of anilines is 1. The molecule has 0 spiro atoms. The molecule has 1 aromatic heterocycles. The highest BCUT2D eigenvalue weighted by Gasteiger charge is 2.30. The predicted octanol–water partition coefficient (Wildman–Crippen LogP) is 2.50. The van der Waals surface area contributed by atoms with Crippen LogP contribution in [0.2, 0.25) is 0 Å². The number of benzene rings is 1. The molecular formula is C21H24FN5O3. The van der Waals surface area contributed by atoms with E-state index in [0.717, 1.165) is 12.8 Å². The highest BCUT2D eigenvalue weighted by atomic mass is 19.1. The van der Waals surface area contributed by atoms with E-state index in [4.69, 9.17) is 5.73 Å². The highest BCUT2D eigenvalue weighted by molar-refractivity contribution is 6.04. The molecule has 9 heteroatoms. The summed E-state index contributed by atoms with van der Waals surface area (Å²) in [5.74, 6) is -1.28. The van der Waals surface area contributed by atoms with Crippen molar-refractivity contribution < 1.29 is 18.8 Å². The molecule has 30 heavy (non-hydrogen) atoms. The number of piperidine rings is 1. The summed E-state index contributed by atoms with van der Waals surface area (Å²) in [7, 11) is 0. The first-order valence-electron chi connectivity index (χ1n) is 9.84. The number of likely N-dealkylation sites (tertiary alicyclic amines) is 1. The highest BCUT2D eigenvalue weighted by Crippen LogP contribution is 2.30. The van der Waals surface area contributed by atoms with Gasteiger partial charge in [-0.05, 0) is 38.3 Å². The number of halogens is 1. The number of nitrogens with zero attached hydrogens (tertiary/aromatic N) is 3. The van der Waals surface area contributed by atoms with Gasteiger partial charge in [-0.3, -0.25) is 14.4 Å². The summed E-state index contributed by atoms with van der Waals surface area (Å²) in [5.41, 5.74) is 5.88. The summed E-state index contributed by atoms with van der Waals surface area (Å²) in [6.45, 7) is 2.23. The molecule has 0 radical (unpaired) electrons. The second kappa shape index (κ2) is 9.43. The van der Waals surface area contributed by atoms with Crippen LogP contribution in [0.3, 0.4) is 0 Å². The Morgan fingerprint density at radius 1 is 1.23 bits per heavy atom. The number of para-hydroxylation sites is 1. The molecule has 3 amide bonds. The van der Waals surface area contributed by atoms with E-state index in [1.54, 1.807) is 17.9 Å². The van der Waals surface area contributed by atoms with Crippen LogP contribution in [0.4, 0.5) is 10.1 Å². The van der Waals surface area contributed by atoms with Crippen LogP contribution < -0.4 is 11.1 Å². The van der Waals surface area contributed by atoms with Crippen molar-refractivity contribution in [1.29, 1.82) is 0 Å². The Morgan fingerprint density at radius 3 is 2.70 bits per heavy atom. The van der Waals surface area contributed by atoms with Gasteiger partial charge in [0.05, 0.1) is 23.0 Å². The van der Waals surface area contributed by atoms with Gasteiger partial charge in [0.2, 0.25) is 11.8 Å². The third-order valence-corrected chi connectivity index (χ3v) is 5.07. The lowest BCUT2D eigenvalue weighted by molar-refractivity contribution is -0.136. The van der Waals surface area contributed by atoms with Gasteiger partial charge in [-0.15, -0.1) is 0 Å². The van der Waals surface area contributed by atoms with Crippen molar-refractivity contribution >= 4 is 23.4 Å². The number of amides is 3. The van der Waals surface area contributed by atoms with E-state index in [9.17, 15) is 18.8 Å². The third-order valence-electron chi connectivity index (χ3n) is 5.07. The average Bonchev–Trinajstić information content (AvgIpc) is 2.73. The van der Waals surface area contributed by atoms with Crippen LogP contribution in [0.1, 0.15) is 60.0 Å². The minimum absolute atomic E-state index is 0.00288. The standard InChI is InChI=1S/C21H24FN5O3/c1-13-14(21(30)26-16-7-3-2-6-15(16)22)12-24-20(25-13)17-8-4-5-11-27(17)19(29)10-9-18(23)28/h2-3,6-7,12,17H,4-5,8-11H2,1H3,(H2,23,28)(H,26,30)/t17-/m0/s1. The van der Waals surface area contributed by atoms with Crippen molar-refractivity contribution in [2.75, 3.05) is 11.9 Å². The van der Waals surface area contributed by atoms with Crippen LogP contribution in [0.5, 0.6) is 0 Å². The molecule has 1 fully saturated rings. The van der Waals surface area contributed by atoms with E-state index in [2.05, 4.69) is 15.3 Å². The number of carbonyl (C=O) groups excluding carboxylic acids is 3. The minimum Gasteiger partial charge on any atom is -0.370 e. The molecule has 1 atom stereocenters. The van der Waals surface area contributed by atoms with Crippen LogP contribution in [0.25, 0.3) is 0 Å². The van der Waals surface area contributed by atoms with Gasteiger partial charge in [0.25, 0.3) is 5.91 Å². The summed E-state index contributed by atoms with van der Waals surface area (Å²) >= 11 is 0. The monoisotopic (exact) mass is 413 g/mol. The zero-order chi connectivity index (χ0) is 21.7. The van der Waals surface area contributed by atoms with Crippen molar-refractivity contribution in [1.82, 2.24) is 14.9 Å². The van der Waals surface area contributed by atoms with Crippen molar-refractivity contribution in [3.8, 4) is 0 Å². The molecule has 1 aliphatic heterocycles. The topological polar surface area (TPSA) is 118 Å². The molecular weight excluding hydrogens is 389 g/mol. The van der Waals surface area contributed by atoms with Gasteiger partial charge in [0.15, 0.2) is 5.82 Å². The fourth-order valence-corrected chi connectivity index (χ4v) is 3.49. The van der Waals surface area contributed by atoms with E-state index in [0.29, 0.717) is 24.5 Å². The van der Waals surface area contributed by atoms with Crippen LogP contribution >= 0.6 is 0 Å². The van der Waals surface area contributed by atoms with Gasteiger partial charge < -0.3 is 16.0 Å². The fourth-order valence-electron chi connectivity index (χ4n) is 3.49. The van der Waals surface area contributed by atoms with Crippen LogP contribution in [0, 0.1) is 12.7 Å². The number of aryl methyl sites for hydroxylation is 1. The first-order chi connectivity index (χ1) is 14.4. The number of hydrogen-bond donors (Lipinski definition) is 2. The lowest BCUT2D eigenvalue weighted by Crippen LogP contribution is -2.39. The van der Waals surface area contributed by atoms with Gasteiger partial charge in [-0.25, -0.2) is 14.4 Å². The summed E-state index contributed by atoms with van der Waals surface area (Å²) < 4.78 is 13.8. The molecule has 0 bridgehead atoms. The maximum Gasteiger partial charge on any atom is 0.259 e. The molecule has 0 aliphatic carbocycles. The van der Waals surface area contributed by atoms with Gasteiger partial charge in [-0.1, -0.05) is 12.1 Å². The Balaban J connectivity index is 1.77.